The van der Waals surface area contributed by atoms with Gasteiger partial charge in [-0.05, 0) is 27.1 Å². The molecule has 0 saturated carbocycles. The maximum absolute atomic E-state index is 12.5. The zero-order valence-corrected chi connectivity index (χ0v) is 12.8. The van der Waals surface area contributed by atoms with E-state index in [1.54, 1.807) is 17.8 Å². The zero-order chi connectivity index (χ0) is 16.2. The Morgan fingerprint density at radius 2 is 1.86 bits per heavy atom. The number of carboxylic acids is 1. The molecule has 116 valence electrons. The summed E-state index contributed by atoms with van der Waals surface area (Å²) in [7, 11) is 5.35. The molecule has 0 fully saturated rings. The Morgan fingerprint density at radius 3 is 2.29 bits per heavy atom. The summed E-state index contributed by atoms with van der Waals surface area (Å²) in [5.74, 6) is -1.60. The fraction of sp³-hybridized carbons (Fsp3) is 0.500. The van der Waals surface area contributed by atoms with E-state index in [0.717, 1.165) is 0 Å². The minimum absolute atomic E-state index is 0.136. The van der Waals surface area contributed by atoms with Crippen LogP contribution in [0.1, 0.15) is 27.8 Å². The monoisotopic (exact) mass is 295 g/mol. The molecule has 1 amide bonds. The van der Waals surface area contributed by atoms with Crippen LogP contribution in [0.5, 0.6) is 0 Å². The van der Waals surface area contributed by atoms with Crippen LogP contribution < -0.4 is 0 Å². The Labute approximate surface area is 123 Å². The quantitative estimate of drug-likeness (QED) is 0.732. The average molecular weight is 295 g/mol. The smallest absolute Gasteiger partial charge is 0.323 e. The van der Waals surface area contributed by atoms with Gasteiger partial charge in [0.25, 0.3) is 5.91 Å². The van der Waals surface area contributed by atoms with Gasteiger partial charge < -0.3 is 19.5 Å². The number of carbonyl (C=O) groups excluding carboxylic acids is 2. The molecule has 0 bridgehead atoms. The van der Waals surface area contributed by atoms with Crippen LogP contribution >= 0.6 is 0 Å². The standard InChI is InChI=1S/C14H21N3O4/c1-10(18)11-7-12(16(4)8-11)14(21)17(9-13(19)20)6-5-15(2)3/h7-8H,5-6,9H2,1-4H3,(H,19,20). The van der Waals surface area contributed by atoms with Crippen molar-refractivity contribution in [3.63, 3.8) is 0 Å². The summed E-state index contributed by atoms with van der Waals surface area (Å²) >= 11 is 0. The number of likely N-dealkylation sites (N-methyl/N-ethyl adjacent to an activating group) is 1. The van der Waals surface area contributed by atoms with Crippen molar-refractivity contribution in [2.45, 2.75) is 6.92 Å². The van der Waals surface area contributed by atoms with E-state index >= 15 is 0 Å². The summed E-state index contributed by atoms with van der Waals surface area (Å²) in [6.45, 7) is 1.92. The molecule has 0 spiro atoms. The summed E-state index contributed by atoms with van der Waals surface area (Å²) < 4.78 is 1.55. The van der Waals surface area contributed by atoms with Gasteiger partial charge in [-0.3, -0.25) is 14.4 Å². The molecule has 0 atom stereocenters. The van der Waals surface area contributed by atoms with Crippen molar-refractivity contribution in [1.82, 2.24) is 14.4 Å². The van der Waals surface area contributed by atoms with Crippen LogP contribution in [0.3, 0.4) is 0 Å². The van der Waals surface area contributed by atoms with Crippen LogP contribution in [0.15, 0.2) is 12.3 Å². The van der Waals surface area contributed by atoms with Gasteiger partial charge in [-0.1, -0.05) is 0 Å². The molecule has 0 radical (unpaired) electrons. The molecule has 21 heavy (non-hydrogen) atoms. The first-order valence-corrected chi connectivity index (χ1v) is 6.55. The predicted octanol–water partition coefficient (Wildman–Crippen LogP) is 0.316. The van der Waals surface area contributed by atoms with Gasteiger partial charge in [0.05, 0.1) is 0 Å². The number of aromatic nitrogens is 1. The SMILES string of the molecule is CC(=O)c1cc(C(=O)N(CCN(C)C)CC(=O)O)n(C)c1. The number of amides is 1. The second-order valence-electron chi connectivity index (χ2n) is 5.20. The average Bonchev–Trinajstić information content (AvgIpc) is 2.75. The fourth-order valence-electron chi connectivity index (χ4n) is 1.87. The molecule has 1 heterocycles. The van der Waals surface area contributed by atoms with E-state index in [9.17, 15) is 14.4 Å². The minimum atomic E-state index is -1.07. The number of rotatable bonds is 7. The number of hydrogen-bond acceptors (Lipinski definition) is 4. The van der Waals surface area contributed by atoms with Gasteiger partial charge in [-0.15, -0.1) is 0 Å². The Morgan fingerprint density at radius 1 is 1.24 bits per heavy atom. The van der Waals surface area contributed by atoms with Gasteiger partial charge in [-0.2, -0.15) is 0 Å². The largest absolute Gasteiger partial charge is 0.480 e. The fourth-order valence-corrected chi connectivity index (χ4v) is 1.87. The summed E-state index contributed by atoms with van der Waals surface area (Å²) in [5.41, 5.74) is 0.740. The van der Waals surface area contributed by atoms with Crippen molar-refractivity contribution in [3.8, 4) is 0 Å². The highest BCUT2D eigenvalue weighted by molar-refractivity contribution is 6.00. The van der Waals surface area contributed by atoms with Crippen LogP contribution in [-0.4, -0.2) is 70.9 Å². The van der Waals surface area contributed by atoms with E-state index in [-0.39, 0.29) is 12.3 Å². The number of Topliss-reactive ketones (excluding diaryl/α,β-unsaturated/α-hetero) is 1. The molecular weight excluding hydrogens is 274 g/mol. The predicted molar refractivity (Wildman–Crippen MR) is 77.5 cm³/mol. The topological polar surface area (TPSA) is 82.8 Å². The van der Waals surface area contributed by atoms with Crippen LogP contribution in [0.25, 0.3) is 0 Å². The summed E-state index contributed by atoms with van der Waals surface area (Å²) in [6.07, 6.45) is 1.57. The number of carboxylic acid groups (broad SMARTS) is 1. The molecule has 0 saturated heterocycles. The van der Waals surface area contributed by atoms with Crippen LogP contribution in [0.4, 0.5) is 0 Å². The first kappa shape index (κ1) is 16.9. The van der Waals surface area contributed by atoms with Crippen molar-refractivity contribution in [2.24, 2.45) is 7.05 Å². The molecule has 7 nitrogen and oxygen atoms in total. The lowest BCUT2D eigenvalue weighted by Gasteiger charge is -2.22. The zero-order valence-electron chi connectivity index (χ0n) is 12.8. The van der Waals surface area contributed by atoms with Crippen molar-refractivity contribution in [3.05, 3.63) is 23.5 Å². The number of carbonyl (C=O) groups is 3. The van der Waals surface area contributed by atoms with Gasteiger partial charge in [0.1, 0.15) is 12.2 Å². The van der Waals surface area contributed by atoms with Crippen molar-refractivity contribution in [2.75, 3.05) is 33.7 Å². The highest BCUT2D eigenvalue weighted by Crippen LogP contribution is 2.11. The third-order valence-corrected chi connectivity index (χ3v) is 3.06. The molecule has 1 aromatic rings. The Bertz CT molecular complexity index is 548. The highest BCUT2D eigenvalue weighted by atomic mass is 16.4. The maximum Gasteiger partial charge on any atom is 0.323 e. The molecule has 1 rings (SSSR count). The van der Waals surface area contributed by atoms with Crippen LogP contribution in [0, 0.1) is 0 Å². The second-order valence-corrected chi connectivity index (χ2v) is 5.20. The highest BCUT2D eigenvalue weighted by Gasteiger charge is 2.22. The lowest BCUT2D eigenvalue weighted by atomic mass is 10.2. The van der Waals surface area contributed by atoms with E-state index in [1.165, 1.54) is 17.9 Å². The van der Waals surface area contributed by atoms with E-state index in [2.05, 4.69) is 0 Å². The van der Waals surface area contributed by atoms with Gasteiger partial charge >= 0.3 is 5.97 Å². The number of hydrogen-bond donors (Lipinski definition) is 1. The molecule has 0 aliphatic carbocycles. The summed E-state index contributed by atoms with van der Waals surface area (Å²) in [6, 6.07) is 1.50. The van der Waals surface area contributed by atoms with Gasteiger partial charge in [-0.25, -0.2) is 0 Å². The Hall–Kier alpha value is -2.15. The lowest BCUT2D eigenvalue weighted by Crippen LogP contribution is -2.40. The molecule has 1 aromatic heterocycles. The molecule has 0 aliphatic rings. The number of ketones is 1. The van der Waals surface area contributed by atoms with E-state index < -0.39 is 11.9 Å². The number of nitrogens with zero attached hydrogens (tertiary/aromatic N) is 3. The number of aryl methyl sites for hydroxylation is 1. The summed E-state index contributed by atoms with van der Waals surface area (Å²) in [5, 5.41) is 8.94. The first-order valence-electron chi connectivity index (χ1n) is 6.55. The molecule has 0 aliphatic heterocycles. The van der Waals surface area contributed by atoms with E-state index in [1.807, 2.05) is 19.0 Å². The molecule has 0 unspecified atom stereocenters. The molecule has 7 heteroatoms. The normalized spacial score (nSPS) is 10.7. The Kier molecular flexibility index (Phi) is 5.66. The lowest BCUT2D eigenvalue weighted by molar-refractivity contribution is -0.137. The molecule has 1 N–H and O–H groups in total. The van der Waals surface area contributed by atoms with Crippen molar-refractivity contribution < 1.29 is 19.5 Å². The second kappa shape index (κ2) is 7.03. The third-order valence-electron chi connectivity index (χ3n) is 3.06. The van der Waals surface area contributed by atoms with E-state index in [4.69, 9.17) is 5.11 Å². The van der Waals surface area contributed by atoms with Gasteiger partial charge in [0.2, 0.25) is 0 Å². The summed E-state index contributed by atoms with van der Waals surface area (Å²) in [4.78, 5) is 37.9. The van der Waals surface area contributed by atoms with Gasteiger partial charge in [0, 0.05) is 31.9 Å². The molecule has 0 aromatic carbocycles. The van der Waals surface area contributed by atoms with E-state index in [0.29, 0.717) is 24.3 Å². The molecular formula is C14H21N3O4. The van der Waals surface area contributed by atoms with Crippen molar-refractivity contribution in [1.29, 1.82) is 0 Å². The third kappa shape index (κ3) is 4.71. The number of aliphatic carboxylic acids is 1. The Balaban J connectivity index is 2.98. The van der Waals surface area contributed by atoms with Gasteiger partial charge in [0.15, 0.2) is 5.78 Å². The maximum atomic E-state index is 12.5. The first-order chi connectivity index (χ1) is 9.72. The van der Waals surface area contributed by atoms with Crippen molar-refractivity contribution >= 4 is 17.7 Å². The van der Waals surface area contributed by atoms with Crippen LogP contribution in [0.2, 0.25) is 0 Å². The minimum Gasteiger partial charge on any atom is -0.480 e. The van der Waals surface area contributed by atoms with Crippen LogP contribution in [-0.2, 0) is 11.8 Å².